The van der Waals surface area contributed by atoms with Gasteiger partial charge in [0.05, 0.1) is 6.61 Å². The number of likely N-dealkylation sites (tertiary alicyclic amines) is 1. The first-order chi connectivity index (χ1) is 16.6. The van der Waals surface area contributed by atoms with Gasteiger partial charge in [-0.3, -0.25) is 0 Å². The summed E-state index contributed by atoms with van der Waals surface area (Å²) in [5.41, 5.74) is 2.74. The summed E-state index contributed by atoms with van der Waals surface area (Å²) < 4.78 is 6.36. The molecule has 0 N–H and O–H groups in total. The molecular weight excluding hydrogens is 416 g/mol. The van der Waals surface area contributed by atoms with Crippen molar-refractivity contribution in [1.82, 2.24) is 9.80 Å². The van der Waals surface area contributed by atoms with Gasteiger partial charge in [0, 0.05) is 37.3 Å². The predicted molar refractivity (Wildman–Crippen MR) is 155 cm³/mol. The third kappa shape index (κ3) is 12.2. The number of hydrogen-bond donors (Lipinski definition) is 0. The van der Waals surface area contributed by atoms with Crippen LogP contribution in [0.5, 0.6) is 0 Å². The fraction of sp³-hybridized carbons (Fsp3) is 0.677. The van der Waals surface area contributed by atoms with Gasteiger partial charge in [-0.25, -0.2) is 0 Å². The van der Waals surface area contributed by atoms with Crippen LogP contribution in [-0.4, -0.2) is 48.3 Å². The molecule has 3 heteroatoms. The SMILES string of the molecule is C=C/C=C\C=C(/C)CCN1CCC2C(COC(CCC)N2C(/C=C\C)=C/C)C1.CC.CC.CC. The van der Waals surface area contributed by atoms with Crippen LogP contribution in [0, 0.1) is 5.92 Å². The molecule has 3 atom stereocenters. The molecule has 0 saturated carbocycles. The molecular formula is C31H58N2O. The molecule has 2 fully saturated rings. The molecule has 0 spiro atoms. The van der Waals surface area contributed by atoms with Crippen LogP contribution in [0.25, 0.3) is 0 Å². The molecule has 2 heterocycles. The Morgan fingerprint density at radius 2 is 1.74 bits per heavy atom. The van der Waals surface area contributed by atoms with E-state index >= 15 is 0 Å². The van der Waals surface area contributed by atoms with Gasteiger partial charge in [0.1, 0.15) is 6.23 Å². The maximum atomic E-state index is 6.36. The molecule has 0 aromatic rings. The Hall–Kier alpha value is -1.58. The van der Waals surface area contributed by atoms with Crippen LogP contribution < -0.4 is 0 Å². The summed E-state index contributed by atoms with van der Waals surface area (Å²) in [5, 5.41) is 0. The highest BCUT2D eigenvalue weighted by Crippen LogP contribution is 2.34. The van der Waals surface area contributed by atoms with Crippen molar-refractivity contribution < 1.29 is 4.74 Å². The highest BCUT2D eigenvalue weighted by Gasteiger charge is 2.40. The minimum Gasteiger partial charge on any atom is -0.358 e. The fourth-order valence-electron chi connectivity index (χ4n) is 4.40. The summed E-state index contributed by atoms with van der Waals surface area (Å²) in [6, 6.07) is 0.594. The molecule has 3 unspecified atom stereocenters. The van der Waals surface area contributed by atoms with E-state index < -0.39 is 0 Å². The monoisotopic (exact) mass is 474 g/mol. The molecule has 0 radical (unpaired) electrons. The quantitative estimate of drug-likeness (QED) is 0.311. The van der Waals surface area contributed by atoms with Crippen molar-refractivity contribution in [3.8, 4) is 0 Å². The molecule has 0 aromatic heterocycles. The lowest BCUT2D eigenvalue weighted by molar-refractivity contribution is -0.151. The van der Waals surface area contributed by atoms with Gasteiger partial charge in [-0.15, -0.1) is 0 Å². The van der Waals surface area contributed by atoms with Gasteiger partial charge in [0.25, 0.3) is 0 Å². The highest BCUT2D eigenvalue weighted by atomic mass is 16.5. The zero-order chi connectivity index (χ0) is 26.4. The number of ether oxygens (including phenoxy) is 1. The first-order valence-electron chi connectivity index (χ1n) is 14.0. The number of nitrogens with zero attached hydrogens (tertiary/aromatic N) is 2. The average molecular weight is 475 g/mol. The summed E-state index contributed by atoms with van der Waals surface area (Å²) in [5.74, 6) is 0.590. The number of piperidine rings is 1. The summed E-state index contributed by atoms with van der Waals surface area (Å²) in [7, 11) is 0. The second-order valence-electron chi connectivity index (χ2n) is 8.00. The van der Waals surface area contributed by atoms with Crippen LogP contribution in [0.3, 0.4) is 0 Å². The zero-order valence-electron chi connectivity index (χ0n) is 24.4. The fourth-order valence-corrected chi connectivity index (χ4v) is 4.40. The molecule has 0 amide bonds. The Kier molecular flexibility index (Phi) is 23.6. The van der Waals surface area contributed by atoms with Gasteiger partial charge in [-0.2, -0.15) is 0 Å². The van der Waals surface area contributed by atoms with Crippen molar-refractivity contribution in [3.63, 3.8) is 0 Å². The minimum atomic E-state index is 0.224. The maximum absolute atomic E-state index is 6.36. The van der Waals surface area contributed by atoms with Crippen molar-refractivity contribution in [2.75, 3.05) is 26.2 Å². The highest BCUT2D eigenvalue weighted by molar-refractivity contribution is 5.19. The molecule has 2 rings (SSSR count). The summed E-state index contributed by atoms with van der Waals surface area (Å²) >= 11 is 0. The van der Waals surface area contributed by atoms with Gasteiger partial charge in [-0.1, -0.05) is 103 Å². The van der Waals surface area contributed by atoms with E-state index in [1.54, 1.807) is 0 Å². The van der Waals surface area contributed by atoms with E-state index in [-0.39, 0.29) is 6.23 Å². The standard InChI is InChI=1S/C25H40N2O.3C2H6/c1-6-10-11-14-21(5)15-17-26-18-16-24-22(19-26)20-28-25(13-8-3)27(24)23(9-4)12-7-2;3*1-2/h6-7,9-12,14,22,24-25H,1,8,13,15-20H2,2-5H3;3*1-2H3/b11-10-,12-7-,21-14+,23-9+;;;. The van der Waals surface area contributed by atoms with Crippen LogP contribution in [0.2, 0.25) is 0 Å². The van der Waals surface area contributed by atoms with Crippen molar-refractivity contribution >= 4 is 0 Å². The second kappa shape index (κ2) is 23.2. The van der Waals surface area contributed by atoms with Crippen LogP contribution in [0.15, 0.2) is 60.4 Å². The van der Waals surface area contributed by atoms with Crippen LogP contribution in [0.4, 0.5) is 0 Å². The molecule has 2 aliphatic rings. The topological polar surface area (TPSA) is 15.7 Å². The van der Waals surface area contributed by atoms with Crippen molar-refractivity contribution in [3.05, 3.63) is 60.4 Å². The Morgan fingerprint density at radius 1 is 1.06 bits per heavy atom. The van der Waals surface area contributed by atoms with E-state index in [1.807, 2.05) is 53.7 Å². The molecule has 0 aliphatic carbocycles. The smallest absolute Gasteiger partial charge is 0.130 e. The lowest BCUT2D eigenvalue weighted by Gasteiger charge is -2.52. The molecule has 3 nitrogen and oxygen atoms in total. The van der Waals surface area contributed by atoms with Crippen LogP contribution >= 0.6 is 0 Å². The van der Waals surface area contributed by atoms with Gasteiger partial charge < -0.3 is 14.5 Å². The second-order valence-corrected chi connectivity index (χ2v) is 8.00. The van der Waals surface area contributed by atoms with E-state index in [0.717, 1.165) is 39.0 Å². The van der Waals surface area contributed by atoms with E-state index in [9.17, 15) is 0 Å². The molecule has 198 valence electrons. The first kappa shape index (κ1) is 34.6. The van der Waals surface area contributed by atoms with E-state index in [2.05, 4.69) is 74.5 Å². The lowest BCUT2D eigenvalue weighted by Crippen LogP contribution is -2.59. The van der Waals surface area contributed by atoms with Crippen molar-refractivity contribution in [1.29, 1.82) is 0 Å². The predicted octanol–water partition coefficient (Wildman–Crippen LogP) is 8.77. The Bertz CT molecular complexity index is 603. The molecule has 0 bridgehead atoms. The maximum Gasteiger partial charge on any atom is 0.130 e. The summed E-state index contributed by atoms with van der Waals surface area (Å²) in [6.45, 7) is 28.8. The third-order valence-electron chi connectivity index (χ3n) is 5.87. The third-order valence-corrected chi connectivity index (χ3v) is 5.87. The number of hydrogen-bond acceptors (Lipinski definition) is 3. The van der Waals surface area contributed by atoms with E-state index in [4.69, 9.17) is 4.74 Å². The Balaban J connectivity index is 0. The van der Waals surface area contributed by atoms with Crippen molar-refractivity contribution in [2.24, 2.45) is 5.92 Å². The van der Waals surface area contributed by atoms with Gasteiger partial charge in [0.15, 0.2) is 0 Å². The van der Waals surface area contributed by atoms with Crippen LogP contribution in [-0.2, 0) is 4.74 Å². The molecule has 2 saturated heterocycles. The van der Waals surface area contributed by atoms with E-state index in [0.29, 0.717) is 12.0 Å². The summed E-state index contributed by atoms with van der Waals surface area (Å²) in [6.07, 6.45) is 19.5. The molecule has 34 heavy (non-hydrogen) atoms. The zero-order valence-corrected chi connectivity index (χ0v) is 24.4. The Morgan fingerprint density at radius 3 is 2.29 bits per heavy atom. The number of fused-ring (bicyclic) bond motifs is 1. The van der Waals surface area contributed by atoms with Gasteiger partial charge >= 0.3 is 0 Å². The number of allylic oxidation sites excluding steroid dienone is 7. The first-order valence-corrected chi connectivity index (χ1v) is 14.0. The average Bonchev–Trinajstić information content (AvgIpc) is 2.90. The van der Waals surface area contributed by atoms with Crippen LogP contribution in [0.1, 0.15) is 94.9 Å². The molecule has 2 aliphatic heterocycles. The molecule has 0 aromatic carbocycles. The normalized spacial score (nSPS) is 23.2. The largest absolute Gasteiger partial charge is 0.358 e. The lowest BCUT2D eigenvalue weighted by atomic mass is 9.88. The van der Waals surface area contributed by atoms with Gasteiger partial charge in [0.2, 0.25) is 0 Å². The van der Waals surface area contributed by atoms with Gasteiger partial charge in [-0.05, 0) is 46.1 Å². The summed E-state index contributed by atoms with van der Waals surface area (Å²) in [4.78, 5) is 5.21. The van der Waals surface area contributed by atoms with E-state index in [1.165, 1.54) is 24.2 Å². The number of rotatable bonds is 9. The minimum absolute atomic E-state index is 0.224. The Labute approximate surface area is 214 Å². The van der Waals surface area contributed by atoms with Crippen molar-refractivity contribution in [2.45, 2.75) is 107 Å².